The highest BCUT2D eigenvalue weighted by atomic mass is 35.5. The fourth-order valence-electron chi connectivity index (χ4n) is 1.19. The van der Waals surface area contributed by atoms with Crippen LogP contribution in [0.5, 0.6) is 0 Å². The summed E-state index contributed by atoms with van der Waals surface area (Å²) in [5, 5.41) is -0.0174. The molecule has 1 aromatic carbocycles. The number of halogens is 3. The molecule has 1 aromatic heterocycles. The van der Waals surface area contributed by atoms with Crippen LogP contribution in [0.15, 0.2) is 27.4 Å². The number of carbonyl (C=O) groups excluding carboxylic acids is 1. The van der Waals surface area contributed by atoms with Crippen LogP contribution >= 0.6 is 34.7 Å². The number of carbonyl (C=O) groups is 1. The zero-order chi connectivity index (χ0) is 14.0. The highest BCUT2D eigenvalue weighted by molar-refractivity contribution is 8.01. The average molecular weight is 322 g/mol. The van der Waals surface area contributed by atoms with E-state index in [4.69, 9.17) is 11.6 Å². The summed E-state index contributed by atoms with van der Waals surface area (Å²) in [5.41, 5.74) is 0. The van der Waals surface area contributed by atoms with Crippen molar-refractivity contribution < 1.29 is 18.3 Å². The molecule has 0 aliphatic carbocycles. The van der Waals surface area contributed by atoms with Crippen LogP contribution in [0, 0.1) is 11.6 Å². The third-order valence-electron chi connectivity index (χ3n) is 2.03. The molecule has 2 rings (SSSR count). The molecule has 0 amide bonds. The lowest BCUT2D eigenvalue weighted by Gasteiger charge is -1.99. The van der Waals surface area contributed by atoms with E-state index >= 15 is 0 Å². The molecule has 0 radical (unpaired) electrons. The van der Waals surface area contributed by atoms with Gasteiger partial charge < -0.3 is 4.74 Å². The van der Waals surface area contributed by atoms with Crippen molar-refractivity contribution in [3.8, 4) is 0 Å². The minimum atomic E-state index is -0.617. The van der Waals surface area contributed by atoms with Gasteiger partial charge in [-0.1, -0.05) is 34.7 Å². The largest absolute Gasteiger partial charge is 0.465 e. The molecule has 0 aliphatic heterocycles. The van der Waals surface area contributed by atoms with Gasteiger partial charge in [0.2, 0.25) is 0 Å². The van der Waals surface area contributed by atoms with E-state index in [1.807, 2.05) is 0 Å². The van der Waals surface area contributed by atoms with Crippen molar-refractivity contribution in [2.24, 2.45) is 0 Å². The first-order chi connectivity index (χ1) is 9.01. The zero-order valence-corrected chi connectivity index (χ0v) is 11.8. The lowest BCUT2D eigenvalue weighted by atomic mass is 10.3. The Kier molecular flexibility index (Phi) is 4.38. The van der Waals surface area contributed by atoms with E-state index in [-0.39, 0.29) is 14.9 Å². The molecular weight excluding hydrogens is 316 g/mol. The minimum absolute atomic E-state index is 0.0174. The van der Waals surface area contributed by atoms with Crippen molar-refractivity contribution in [1.82, 2.24) is 4.98 Å². The fraction of sp³-hybridized carbons (Fsp3) is 0.0909. The Bertz CT molecular complexity index is 633. The van der Waals surface area contributed by atoms with Crippen molar-refractivity contribution in [3.63, 3.8) is 0 Å². The average Bonchev–Trinajstić information content (AvgIpc) is 2.74. The molecule has 100 valence electrons. The molecule has 0 spiro atoms. The van der Waals surface area contributed by atoms with Gasteiger partial charge in [0.25, 0.3) is 0 Å². The summed E-state index contributed by atoms with van der Waals surface area (Å²) in [6, 6.07) is 3.09. The Balaban J connectivity index is 2.29. The quantitative estimate of drug-likeness (QED) is 0.801. The van der Waals surface area contributed by atoms with Gasteiger partial charge in [0.1, 0.15) is 11.6 Å². The van der Waals surface area contributed by atoms with Gasteiger partial charge in [-0.25, -0.2) is 18.6 Å². The predicted molar refractivity (Wildman–Crippen MR) is 68.9 cm³/mol. The van der Waals surface area contributed by atoms with Gasteiger partial charge in [-0.2, -0.15) is 0 Å². The molecule has 3 nitrogen and oxygen atoms in total. The highest BCUT2D eigenvalue weighted by Gasteiger charge is 2.18. The van der Waals surface area contributed by atoms with E-state index in [1.165, 1.54) is 7.11 Å². The third-order valence-corrected chi connectivity index (χ3v) is 4.54. The van der Waals surface area contributed by atoms with E-state index in [0.717, 1.165) is 41.3 Å². The standard InChI is InChI=1S/C11H6ClF2NO2S2/c1-17-10(16)8-9(12)15-11(19-8)18-7-4-5(13)2-3-6(7)14/h2-4H,1H3. The van der Waals surface area contributed by atoms with Gasteiger partial charge in [0.15, 0.2) is 14.4 Å². The summed E-state index contributed by atoms with van der Waals surface area (Å²) in [5.74, 6) is -1.74. The normalized spacial score (nSPS) is 10.5. The second kappa shape index (κ2) is 5.85. The molecule has 0 aliphatic rings. The number of aromatic nitrogens is 1. The molecule has 1 heterocycles. The van der Waals surface area contributed by atoms with Crippen LogP contribution in [0.1, 0.15) is 9.67 Å². The number of nitrogens with zero attached hydrogens (tertiary/aromatic N) is 1. The number of benzene rings is 1. The van der Waals surface area contributed by atoms with Crippen LogP contribution in [-0.4, -0.2) is 18.1 Å². The first kappa shape index (κ1) is 14.2. The van der Waals surface area contributed by atoms with E-state index in [0.29, 0.717) is 4.34 Å². The first-order valence-electron chi connectivity index (χ1n) is 4.89. The monoisotopic (exact) mass is 321 g/mol. The molecule has 0 fully saturated rings. The van der Waals surface area contributed by atoms with Crippen molar-refractivity contribution in [3.05, 3.63) is 39.9 Å². The van der Waals surface area contributed by atoms with Crippen LogP contribution in [0.3, 0.4) is 0 Å². The summed E-state index contributed by atoms with van der Waals surface area (Å²) >= 11 is 7.62. The van der Waals surface area contributed by atoms with Gasteiger partial charge in [-0.3, -0.25) is 0 Å². The Hall–Kier alpha value is -1.18. The molecule has 0 unspecified atom stereocenters. The van der Waals surface area contributed by atoms with Gasteiger partial charge in [0, 0.05) is 0 Å². The van der Waals surface area contributed by atoms with E-state index in [9.17, 15) is 13.6 Å². The summed E-state index contributed by atoms with van der Waals surface area (Å²) in [6.45, 7) is 0. The maximum Gasteiger partial charge on any atom is 0.351 e. The SMILES string of the molecule is COC(=O)c1sc(Sc2cc(F)ccc2F)nc1Cl. The molecular formula is C11H6ClF2NO2S2. The third kappa shape index (κ3) is 3.23. The Morgan fingerprint density at radius 1 is 1.47 bits per heavy atom. The van der Waals surface area contributed by atoms with Gasteiger partial charge in [0.05, 0.1) is 12.0 Å². The van der Waals surface area contributed by atoms with Gasteiger partial charge in [-0.05, 0) is 18.2 Å². The first-order valence-corrected chi connectivity index (χ1v) is 6.90. The number of thiazole rings is 1. The summed E-state index contributed by atoms with van der Waals surface area (Å²) in [6.07, 6.45) is 0. The number of methoxy groups -OCH3 is 1. The van der Waals surface area contributed by atoms with Crippen LogP contribution in [0.2, 0.25) is 5.15 Å². The van der Waals surface area contributed by atoms with Crippen LogP contribution in [-0.2, 0) is 4.74 Å². The zero-order valence-electron chi connectivity index (χ0n) is 9.45. The maximum absolute atomic E-state index is 13.5. The molecule has 8 heteroatoms. The van der Waals surface area contributed by atoms with Crippen LogP contribution in [0.25, 0.3) is 0 Å². The molecule has 19 heavy (non-hydrogen) atoms. The molecule has 0 saturated carbocycles. The second-order valence-electron chi connectivity index (χ2n) is 3.27. The van der Waals surface area contributed by atoms with Crippen molar-refractivity contribution in [2.45, 2.75) is 9.24 Å². The second-order valence-corrected chi connectivity index (χ2v) is 5.91. The lowest BCUT2D eigenvalue weighted by molar-refractivity contribution is 0.0606. The Morgan fingerprint density at radius 3 is 2.89 bits per heavy atom. The maximum atomic E-state index is 13.5. The minimum Gasteiger partial charge on any atom is -0.465 e. The fourth-order valence-corrected chi connectivity index (χ4v) is 3.53. The van der Waals surface area contributed by atoms with Crippen molar-refractivity contribution in [1.29, 1.82) is 0 Å². The van der Waals surface area contributed by atoms with E-state index < -0.39 is 17.6 Å². The Labute approximate surface area is 120 Å². The van der Waals surface area contributed by atoms with Gasteiger partial charge in [-0.15, -0.1) is 0 Å². The van der Waals surface area contributed by atoms with E-state index in [2.05, 4.69) is 9.72 Å². The summed E-state index contributed by atoms with van der Waals surface area (Å²) in [4.78, 5) is 15.4. The van der Waals surface area contributed by atoms with Crippen LogP contribution in [0.4, 0.5) is 8.78 Å². The van der Waals surface area contributed by atoms with Crippen molar-refractivity contribution in [2.75, 3.05) is 7.11 Å². The number of ether oxygens (including phenoxy) is 1. The molecule has 2 aromatic rings. The highest BCUT2D eigenvalue weighted by Crippen LogP contribution is 2.36. The number of rotatable bonds is 3. The smallest absolute Gasteiger partial charge is 0.351 e. The summed E-state index contributed by atoms with van der Waals surface area (Å²) < 4.78 is 31.3. The number of hydrogen-bond donors (Lipinski definition) is 0. The predicted octanol–water partition coefficient (Wildman–Crippen LogP) is 4.01. The van der Waals surface area contributed by atoms with Crippen molar-refractivity contribution >= 4 is 40.7 Å². The molecule has 0 N–H and O–H groups in total. The number of esters is 1. The Morgan fingerprint density at radius 2 is 2.21 bits per heavy atom. The lowest BCUT2D eigenvalue weighted by Crippen LogP contribution is -1.98. The van der Waals surface area contributed by atoms with Gasteiger partial charge >= 0.3 is 5.97 Å². The van der Waals surface area contributed by atoms with Crippen LogP contribution < -0.4 is 0 Å². The molecule has 0 saturated heterocycles. The number of hydrogen-bond acceptors (Lipinski definition) is 5. The summed E-state index contributed by atoms with van der Waals surface area (Å²) in [7, 11) is 1.22. The molecule has 0 atom stereocenters. The molecule has 0 bridgehead atoms. The van der Waals surface area contributed by atoms with E-state index in [1.54, 1.807) is 0 Å². The topological polar surface area (TPSA) is 39.2 Å².